The monoisotopic (exact) mass is 422 g/mol. The minimum atomic E-state index is 0.546. The molecule has 1 aliphatic heterocycles. The second-order valence-corrected chi connectivity index (χ2v) is 7.87. The van der Waals surface area contributed by atoms with Gasteiger partial charge in [0.1, 0.15) is 12.4 Å². The molecular formula is C28H26N2O2. The molecule has 1 heterocycles. The Morgan fingerprint density at radius 2 is 1.56 bits per heavy atom. The van der Waals surface area contributed by atoms with Gasteiger partial charge in [0.15, 0.2) is 0 Å². The maximum absolute atomic E-state index is 6.03. The number of hydrogen-bond donors (Lipinski definition) is 0. The van der Waals surface area contributed by atoms with E-state index in [1.165, 1.54) is 22.0 Å². The van der Waals surface area contributed by atoms with Gasteiger partial charge in [-0.3, -0.25) is 4.99 Å². The van der Waals surface area contributed by atoms with Gasteiger partial charge in [-0.25, -0.2) is 0 Å². The molecule has 0 atom stereocenters. The number of aliphatic imine (C=N–C) groups is 1. The fraction of sp³-hybridized carbons (Fsp3) is 0.179. The number of hydrogen-bond acceptors (Lipinski definition) is 4. The molecule has 4 aromatic rings. The molecule has 0 aromatic heterocycles. The summed E-state index contributed by atoms with van der Waals surface area (Å²) in [5.74, 6) is 0.852. The second kappa shape index (κ2) is 9.67. The molecule has 0 bridgehead atoms. The third kappa shape index (κ3) is 4.82. The SMILES string of the molecule is C(=Nc1ccc(N2CCOCC2)cc1)c1ccc(OCc2cccc3ccccc23)cc1. The van der Waals surface area contributed by atoms with Gasteiger partial charge in [-0.2, -0.15) is 0 Å². The molecule has 0 N–H and O–H groups in total. The first kappa shape index (κ1) is 20.3. The van der Waals surface area contributed by atoms with E-state index in [1.54, 1.807) is 0 Å². The molecule has 4 nitrogen and oxygen atoms in total. The minimum Gasteiger partial charge on any atom is -0.489 e. The van der Waals surface area contributed by atoms with Gasteiger partial charge in [0.05, 0.1) is 18.9 Å². The van der Waals surface area contributed by atoms with Gasteiger partial charge >= 0.3 is 0 Å². The van der Waals surface area contributed by atoms with Crippen molar-refractivity contribution >= 4 is 28.4 Å². The van der Waals surface area contributed by atoms with Gasteiger partial charge in [-0.05, 0) is 70.4 Å². The average molecular weight is 423 g/mol. The largest absolute Gasteiger partial charge is 0.489 e. The summed E-state index contributed by atoms with van der Waals surface area (Å²) in [6.45, 7) is 4.02. The van der Waals surface area contributed by atoms with Crippen LogP contribution in [-0.2, 0) is 11.3 Å². The van der Waals surface area contributed by atoms with Gasteiger partial charge in [0, 0.05) is 25.0 Å². The van der Waals surface area contributed by atoms with Crippen LogP contribution in [0.1, 0.15) is 11.1 Å². The molecule has 4 heteroatoms. The third-order valence-electron chi connectivity index (χ3n) is 5.74. The van der Waals surface area contributed by atoms with Crippen molar-refractivity contribution in [2.24, 2.45) is 4.99 Å². The lowest BCUT2D eigenvalue weighted by atomic mass is 10.1. The van der Waals surface area contributed by atoms with Crippen LogP contribution in [0, 0.1) is 0 Å². The molecule has 5 rings (SSSR count). The first-order chi connectivity index (χ1) is 15.8. The molecule has 1 saturated heterocycles. The summed E-state index contributed by atoms with van der Waals surface area (Å²) >= 11 is 0. The molecule has 0 unspecified atom stereocenters. The normalized spacial score (nSPS) is 14.2. The van der Waals surface area contributed by atoms with Crippen molar-refractivity contribution in [2.45, 2.75) is 6.61 Å². The number of benzene rings is 4. The number of fused-ring (bicyclic) bond motifs is 1. The maximum atomic E-state index is 6.03. The van der Waals surface area contributed by atoms with Crippen LogP contribution < -0.4 is 9.64 Å². The Hall–Kier alpha value is -3.63. The van der Waals surface area contributed by atoms with Gasteiger partial charge < -0.3 is 14.4 Å². The van der Waals surface area contributed by atoms with Crippen LogP contribution in [0.25, 0.3) is 10.8 Å². The van der Waals surface area contributed by atoms with Gasteiger partial charge in [-0.1, -0.05) is 42.5 Å². The van der Waals surface area contributed by atoms with Gasteiger partial charge in [0.2, 0.25) is 0 Å². The highest BCUT2D eigenvalue weighted by atomic mass is 16.5. The van der Waals surface area contributed by atoms with Gasteiger partial charge in [-0.15, -0.1) is 0 Å². The highest BCUT2D eigenvalue weighted by Crippen LogP contribution is 2.22. The number of ether oxygens (including phenoxy) is 2. The van der Waals surface area contributed by atoms with Crippen molar-refractivity contribution < 1.29 is 9.47 Å². The fourth-order valence-corrected chi connectivity index (χ4v) is 3.95. The van der Waals surface area contributed by atoms with Crippen LogP contribution in [-0.4, -0.2) is 32.5 Å². The lowest BCUT2D eigenvalue weighted by Gasteiger charge is -2.28. The van der Waals surface area contributed by atoms with Crippen LogP contribution >= 0.6 is 0 Å². The van der Waals surface area contributed by atoms with Crippen LogP contribution in [0.3, 0.4) is 0 Å². The molecule has 1 aliphatic rings. The summed E-state index contributed by atoms with van der Waals surface area (Å²) in [5, 5.41) is 2.47. The van der Waals surface area contributed by atoms with Crippen molar-refractivity contribution in [2.75, 3.05) is 31.2 Å². The molecule has 32 heavy (non-hydrogen) atoms. The molecule has 160 valence electrons. The maximum Gasteiger partial charge on any atom is 0.119 e. The van der Waals surface area contributed by atoms with Crippen LogP contribution in [0.2, 0.25) is 0 Å². The number of anilines is 1. The Balaban J connectivity index is 1.19. The molecule has 1 fully saturated rings. The molecule has 0 radical (unpaired) electrons. The fourth-order valence-electron chi connectivity index (χ4n) is 3.95. The summed E-state index contributed by atoms with van der Waals surface area (Å²) in [4.78, 5) is 6.95. The number of nitrogens with zero attached hydrogens (tertiary/aromatic N) is 2. The lowest BCUT2D eigenvalue weighted by Crippen LogP contribution is -2.36. The molecule has 4 aromatic carbocycles. The van der Waals surface area contributed by atoms with Gasteiger partial charge in [0.25, 0.3) is 0 Å². The molecule has 0 spiro atoms. The first-order valence-corrected chi connectivity index (χ1v) is 11.0. The molecule has 0 aliphatic carbocycles. The predicted octanol–water partition coefficient (Wildman–Crippen LogP) is 6.01. The van der Waals surface area contributed by atoms with E-state index in [4.69, 9.17) is 9.47 Å². The van der Waals surface area contributed by atoms with E-state index >= 15 is 0 Å². The van der Waals surface area contributed by atoms with E-state index in [1.807, 2.05) is 30.5 Å². The Labute approximate surface area is 188 Å². The zero-order valence-corrected chi connectivity index (χ0v) is 18.0. The Bertz CT molecular complexity index is 1190. The Morgan fingerprint density at radius 1 is 0.812 bits per heavy atom. The predicted molar refractivity (Wildman–Crippen MR) is 131 cm³/mol. The number of morpholine rings is 1. The van der Waals surface area contributed by atoms with Crippen molar-refractivity contribution in [3.8, 4) is 5.75 Å². The average Bonchev–Trinajstić information content (AvgIpc) is 2.88. The summed E-state index contributed by atoms with van der Waals surface area (Å²) < 4.78 is 11.5. The Morgan fingerprint density at radius 3 is 2.38 bits per heavy atom. The van der Waals surface area contributed by atoms with Crippen molar-refractivity contribution in [3.63, 3.8) is 0 Å². The van der Waals surface area contributed by atoms with Crippen molar-refractivity contribution in [1.29, 1.82) is 0 Å². The summed E-state index contributed by atoms with van der Waals surface area (Å²) in [6.07, 6.45) is 1.89. The molecule has 0 saturated carbocycles. The summed E-state index contributed by atoms with van der Waals surface area (Å²) in [5.41, 5.74) is 4.40. The summed E-state index contributed by atoms with van der Waals surface area (Å²) in [7, 11) is 0. The lowest BCUT2D eigenvalue weighted by molar-refractivity contribution is 0.122. The highest BCUT2D eigenvalue weighted by Gasteiger charge is 2.10. The smallest absolute Gasteiger partial charge is 0.119 e. The van der Waals surface area contributed by atoms with Crippen LogP contribution in [0.4, 0.5) is 11.4 Å². The van der Waals surface area contributed by atoms with E-state index in [-0.39, 0.29) is 0 Å². The standard InChI is InChI=1S/C28H26N2O2/c1-2-7-28-23(4-1)5-3-6-24(28)21-32-27-14-8-22(9-15-27)20-29-25-10-12-26(13-11-25)30-16-18-31-19-17-30/h1-15,20H,16-19,21H2. The van der Waals surface area contributed by atoms with Crippen molar-refractivity contribution in [3.05, 3.63) is 102 Å². The molecular weight excluding hydrogens is 396 g/mol. The first-order valence-electron chi connectivity index (χ1n) is 11.0. The van der Waals surface area contributed by atoms with E-state index < -0.39 is 0 Å². The topological polar surface area (TPSA) is 34.1 Å². The van der Waals surface area contributed by atoms with E-state index in [0.29, 0.717) is 6.61 Å². The number of rotatable bonds is 6. The highest BCUT2D eigenvalue weighted by molar-refractivity contribution is 5.85. The van der Waals surface area contributed by atoms with E-state index in [2.05, 4.69) is 76.6 Å². The van der Waals surface area contributed by atoms with Crippen molar-refractivity contribution in [1.82, 2.24) is 0 Å². The minimum absolute atomic E-state index is 0.546. The van der Waals surface area contributed by atoms with Crippen LogP contribution in [0.15, 0.2) is 96.0 Å². The zero-order valence-electron chi connectivity index (χ0n) is 18.0. The van der Waals surface area contributed by atoms with Crippen LogP contribution in [0.5, 0.6) is 5.75 Å². The third-order valence-corrected chi connectivity index (χ3v) is 5.74. The van der Waals surface area contributed by atoms with E-state index in [9.17, 15) is 0 Å². The summed E-state index contributed by atoms with van der Waals surface area (Å²) in [6, 6.07) is 31.1. The Kier molecular flexibility index (Phi) is 6.13. The van der Waals surface area contributed by atoms with E-state index in [0.717, 1.165) is 43.3 Å². The second-order valence-electron chi connectivity index (χ2n) is 7.87. The quantitative estimate of drug-likeness (QED) is 0.357. The zero-order chi connectivity index (χ0) is 21.6. The molecule has 0 amide bonds.